The first-order chi connectivity index (χ1) is 19.3. The predicted molar refractivity (Wildman–Crippen MR) is 168 cm³/mol. The van der Waals surface area contributed by atoms with E-state index in [1.54, 1.807) is 6.20 Å². The molecule has 6 rings (SSSR count). The molecule has 4 aromatic rings. The van der Waals surface area contributed by atoms with E-state index in [1.165, 1.54) is 6.42 Å². The fraction of sp³-hybridized carbons (Fsp3) is 0.312. The number of furan rings is 1. The summed E-state index contributed by atoms with van der Waals surface area (Å²) in [6.45, 7) is 8.64. The van der Waals surface area contributed by atoms with Crippen LogP contribution in [0.3, 0.4) is 0 Å². The number of hydrogen-bond donors (Lipinski definition) is 1. The van der Waals surface area contributed by atoms with Crippen LogP contribution in [-0.4, -0.2) is 23.2 Å². The molecule has 0 aliphatic carbocycles. The van der Waals surface area contributed by atoms with Gasteiger partial charge in [0.15, 0.2) is 5.11 Å². The van der Waals surface area contributed by atoms with Crippen LogP contribution in [0.4, 0.5) is 11.4 Å². The molecule has 5 nitrogen and oxygen atoms in total. The molecule has 4 atom stereocenters. The van der Waals surface area contributed by atoms with Crippen LogP contribution < -0.4 is 15.1 Å². The Bertz CT molecular complexity index is 1530. The van der Waals surface area contributed by atoms with Crippen LogP contribution in [0.25, 0.3) is 11.3 Å². The summed E-state index contributed by atoms with van der Waals surface area (Å²) in [6, 6.07) is 21.6. The van der Waals surface area contributed by atoms with E-state index < -0.39 is 0 Å². The number of anilines is 2. The largest absolute Gasteiger partial charge is 0.459 e. The SMILES string of the molecule is Cc1c(Cl)cccc1-c1ccc([C@@H]2[C@@H](c3ccccn3)NC(=S)N2c2ccc(N3C[C@H](C)C[C@H](C)C3)c(Cl)c2)o1. The summed E-state index contributed by atoms with van der Waals surface area (Å²) in [5.41, 5.74) is 4.80. The van der Waals surface area contributed by atoms with Crippen LogP contribution in [0, 0.1) is 18.8 Å². The van der Waals surface area contributed by atoms with Gasteiger partial charge in [-0.2, -0.15) is 0 Å². The lowest BCUT2D eigenvalue weighted by molar-refractivity contribution is 0.357. The topological polar surface area (TPSA) is 44.5 Å². The summed E-state index contributed by atoms with van der Waals surface area (Å²) in [7, 11) is 0. The van der Waals surface area contributed by atoms with E-state index in [0.717, 1.165) is 57.8 Å². The summed E-state index contributed by atoms with van der Waals surface area (Å²) in [5.74, 6) is 2.80. The smallest absolute Gasteiger partial charge is 0.174 e. The third-order valence-electron chi connectivity index (χ3n) is 7.97. The Labute approximate surface area is 251 Å². The Morgan fingerprint density at radius 1 is 0.950 bits per heavy atom. The van der Waals surface area contributed by atoms with Gasteiger partial charge in [0.2, 0.25) is 0 Å². The molecule has 40 heavy (non-hydrogen) atoms. The molecule has 2 fully saturated rings. The van der Waals surface area contributed by atoms with Crippen molar-refractivity contribution in [3.05, 3.63) is 100.0 Å². The van der Waals surface area contributed by atoms with Gasteiger partial charge in [-0.1, -0.05) is 55.2 Å². The van der Waals surface area contributed by atoms with Gasteiger partial charge in [0.1, 0.15) is 17.6 Å². The van der Waals surface area contributed by atoms with Gasteiger partial charge in [0.05, 0.1) is 22.4 Å². The van der Waals surface area contributed by atoms with Crippen molar-refractivity contribution in [1.29, 1.82) is 0 Å². The average molecular weight is 592 g/mol. The van der Waals surface area contributed by atoms with Crippen molar-refractivity contribution in [2.75, 3.05) is 22.9 Å². The zero-order valence-electron chi connectivity index (χ0n) is 22.8. The van der Waals surface area contributed by atoms with Crippen molar-refractivity contribution in [3.63, 3.8) is 0 Å². The molecule has 0 radical (unpaired) electrons. The molecule has 0 spiro atoms. The number of benzene rings is 2. The fourth-order valence-electron chi connectivity index (χ4n) is 6.21. The predicted octanol–water partition coefficient (Wildman–Crippen LogP) is 8.62. The highest BCUT2D eigenvalue weighted by atomic mass is 35.5. The van der Waals surface area contributed by atoms with Crippen molar-refractivity contribution < 1.29 is 4.42 Å². The highest BCUT2D eigenvalue weighted by Crippen LogP contribution is 2.45. The van der Waals surface area contributed by atoms with Gasteiger partial charge in [0, 0.05) is 35.6 Å². The van der Waals surface area contributed by atoms with Crippen LogP contribution in [0.1, 0.15) is 49.4 Å². The van der Waals surface area contributed by atoms with Crippen LogP contribution >= 0.6 is 35.4 Å². The third kappa shape index (κ3) is 5.09. The zero-order valence-corrected chi connectivity index (χ0v) is 25.1. The molecule has 0 bridgehead atoms. The quantitative estimate of drug-likeness (QED) is 0.235. The summed E-state index contributed by atoms with van der Waals surface area (Å²) in [5, 5.41) is 5.53. The van der Waals surface area contributed by atoms with Crippen LogP contribution in [-0.2, 0) is 0 Å². The first-order valence-electron chi connectivity index (χ1n) is 13.7. The van der Waals surface area contributed by atoms with Gasteiger partial charge in [0.25, 0.3) is 0 Å². The number of piperidine rings is 1. The number of thiocarbonyl (C=S) groups is 1. The van der Waals surface area contributed by atoms with E-state index in [9.17, 15) is 0 Å². The van der Waals surface area contributed by atoms with Crippen molar-refractivity contribution in [2.24, 2.45) is 11.8 Å². The van der Waals surface area contributed by atoms with E-state index in [-0.39, 0.29) is 12.1 Å². The zero-order chi connectivity index (χ0) is 28.0. The standard InChI is InChI=1S/C32H32Cl2N4OS/c1-19-15-20(2)18-37(17-19)27-11-10-22(16-25(27)34)38-31(30(36-32(38)40)26-9-4-5-14-35-26)29-13-12-28(39-29)23-7-6-8-24(33)21(23)3/h4-14,16,19-20,30-31H,15,17-18H2,1-3H3,(H,36,40)/t19-,20+,30-,31-/m1/s1. The fourth-order valence-corrected chi connectivity index (χ4v) is 7.03. The Morgan fingerprint density at radius 3 is 2.48 bits per heavy atom. The van der Waals surface area contributed by atoms with Gasteiger partial charge in [-0.05, 0) is 91.5 Å². The minimum atomic E-state index is -0.271. The molecular weight excluding hydrogens is 559 g/mol. The van der Waals surface area contributed by atoms with Crippen LogP contribution in [0.2, 0.25) is 10.0 Å². The summed E-state index contributed by atoms with van der Waals surface area (Å²) < 4.78 is 6.55. The molecule has 1 N–H and O–H groups in total. The molecule has 2 aliphatic rings. The Balaban J connectivity index is 1.40. The molecule has 8 heteroatoms. The molecule has 2 aromatic carbocycles. The lowest BCUT2D eigenvalue weighted by Crippen LogP contribution is -2.38. The number of aromatic nitrogens is 1. The highest BCUT2D eigenvalue weighted by Gasteiger charge is 2.43. The average Bonchev–Trinajstić information content (AvgIpc) is 3.54. The second-order valence-electron chi connectivity index (χ2n) is 11.1. The molecule has 0 saturated carbocycles. The molecular formula is C32H32Cl2N4OS. The summed E-state index contributed by atoms with van der Waals surface area (Å²) in [4.78, 5) is 9.16. The van der Waals surface area contributed by atoms with E-state index in [4.69, 9.17) is 39.8 Å². The van der Waals surface area contributed by atoms with Gasteiger partial charge in [-0.25, -0.2) is 0 Å². The minimum Gasteiger partial charge on any atom is -0.459 e. The molecule has 4 heterocycles. The van der Waals surface area contributed by atoms with Crippen LogP contribution in [0.5, 0.6) is 0 Å². The third-order valence-corrected chi connectivity index (χ3v) is 9.00. The van der Waals surface area contributed by atoms with Gasteiger partial charge >= 0.3 is 0 Å². The Kier molecular flexibility index (Phi) is 7.51. The second-order valence-corrected chi connectivity index (χ2v) is 12.3. The van der Waals surface area contributed by atoms with Crippen molar-refractivity contribution >= 4 is 51.9 Å². The monoisotopic (exact) mass is 590 g/mol. The van der Waals surface area contributed by atoms with Gasteiger partial charge < -0.3 is 19.5 Å². The lowest BCUT2D eigenvalue weighted by atomic mass is 9.91. The van der Waals surface area contributed by atoms with Crippen molar-refractivity contribution in [1.82, 2.24) is 10.3 Å². The molecule has 0 unspecified atom stereocenters. The molecule has 2 aromatic heterocycles. The van der Waals surface area contributed by atoms with Gasteiger partial charge in [-0.3, -0.25) is 4.98 Å². The van der Waals surface area contributed by atoms with E-state index in [0.29, 0.717) is 22.0 Å². The van der Waals surface area contributed by atoms with Crippen molar-refractivity contribution in [3.8, 4) is 11.3 Å². The minimum absolute atomic E-state index is 0.213. The lowest BCUT2D eigenvalue weighted by Gasteiger charge is -2.37. The van der Waals surface area contributed by atoms with E-state index >= 15 is 0 Å². The van der Waals surface area contributed by atoms with Crippen LogP contribution in [0.15, 0.2) is 77.3 Å². The number of halogens is 2. The number of pyridine rings is 1. The second kappa shape index (κ2) is 11.1. The first kappa shape index (κ1) is 27.1. The molecule has 0 amide bonds. The van der Waals surface area contributed by atoms with E-state index in [1.807, 2.05) is 61.5 Å². The molecule has 2 aliphatic heterocycles. The summed E-state index contributed by atoms with van der Waals surface area (Å²) >= 11 is 19.3. The maximum Gasteiger partial charge on any atom is 0.174 e. The number of rotatable bonds is 5. The van der Waals surface area contributed by atoms with E-state index in [2.05, 4.69) is 46.1 Å². The maximum atomic E-state index is 6.97. The number of nitrogens with one attached hydrogen (secondary N) is 1. The Morgan fingerprint density at radius 2 is 1.75 bits per heavy atom. The van der Waals surface area contributed by atoms with Crippen molar-refractivity contribution in [2.45, 2.75) is 39.3 Å². The number of nitrogens with zero attached hydrogens (tertiary/aromatic N) is 3. The number of hydrogen-bond acceptors (Lipinski definition) is 4. The molecule has 206 valence electrons. The van der Waals surface area contributed by atoms with Gasteiger partial charge in [-0.15, -0.1) is 0 Å². The molecule has 2 saturated heterocycles. The summed E-state index contributed by atoms with van der Waals surface area (Å²) in [6.07, 6.45) is 3.05. The highest BCUT2D eigenvalue weighted by molar-refractivity contribution is 7.80. The normalized spacial score (nSPS) is 23.0. The maximum absolute atomic E-state index is 6.97. The Hall–Kier alpha value is -3.06. The first-order valence-corrected chi connectivity index (χ1v) is 14.9.